The zero-order valence-corrected chi connectivity index (χ0v) is 12.8. The van der Waals surface area contributed by atoms with Crippen LogP contribution in [-0.2, 0) is 6.54 Å². The van der Waals surface area contributed by atoms with Crippen LogP contribution in [0, 0.1) is 0 Å². The van der Waals surface area contributed by atoms with Gasteiger partial charge >= 0.3 is 0 Å². The SMILES string of the molecule is CCOc1cc(N)nc2c1CN(c1ccc(C(N)=O)cc1)C=C2. The van der Waals surface area contributed by atoms with Gasteiger partial charge in [-0.1, -0.05) is 0 Å². The van der Waals surface area contributed by atoms with Crippen molar-refractivity contribution in [2.75, 3.05) is 17.2 Å². The Bertz CT molecular complexity index is 769. The van der Waals surface area contributed by atoms with E-state index >= 15 is 0 Å². The number of anilines is 2. The van der Waals surface area contributed by atoms with Crippen molar-refractivity contribution in [3.05, 3.63) is 53.4 Å². The molecule has 0 saturated heterocycles. The fourth-order valence-electron chi connectivity index (χ4n) is 2.55. The number of benzene rings is 1. The molecule has 0 fully saturated rings. The number of carbonyl (C=O) groups excluding carboxylic acids is 1. The number of primary amides is 1. The van der Waals surface area contributed by atoms with E-state index in [0.717, 1.165) is 22.7 Å². The lowest BCUT2D eigenvalue weighted by molar-refractivity contribution is 0.100. The number of hydrogen-bond donors (Lipinski definition) is 2. The van der Waals surface area contributed by atoms with Crippen molar-refractivity contribution < 1.29 is 9.53 Å². The molecule has 1 aromatic carbocycles. The Morgan fingerprint density at radius 2 is 2.09 bits per heavy atom. The molecule has 1 aliphatic rings. The maximum Gasteiger partial charge on any atom is 0.248 e. The quantitative estimate of drug-likeness (QED) is 0.902. The summed E-state index contributed by atoms with van der Waals surface area (Å²) in [4.78, 5) is 17.6. The second-order valence-electron chi connectivity index (χ2n) is 5.20. The molecule has 4 N–H and O–H groups in total. The minimum atomic E-state index is -0.436. The largest absolute Gasteiger partial charge is 0.493 e. The van der Waals surface area contributed by atoms with Crippen LogP contribution in [0.15, 0.2) is 36.5 Å². The number of amides is 1. The molecule has 0 radical (unpaired) electrons. The monoisotopic (exact) mass is 310 g/mol. The summed E-state index contributed by atoms with van der Waals surface area (Å²) in [5.41, 5.74) is 14.3. The van der Waals surface area contributed by atoms with Crippen LogP contribution in [0.3, 0.4) is 0 Å². The van der Waals surface area contributed by atoms with Crippen molar-refractivity contribution in [2.45, 2.75) is 13.5 Å². The second kappa shape index (κ2) is 6.00. The fraction of sp³-hybridized carbons (Fsp3) is 0.176. The summed E-state index contributed by atoms with van der Waals surface area (Å²) in [7, 11) is 0. The van der Waals surface area contributed by atoms with Gasteiger partial charge in [0.15, 0.2) is 0 Å². The smallest absolute Gasteiger partial charge is 0.248 e. The van der Waals surface area contributed by atoms with Crippen LogP contribution < -0.4 is 21.1 Å². The highest BCUT2D eigenvalue weighted by Gasteiger charge is 2.18. The number of nitrogens with zero attached hydrogens (tertiary/aromatic N) is 2. The summed E-state index contributed by atoms with van der Waals surface area (Å²) in [6.07, 6.45) is 3.84. The highest BCUT2D eigenvalue weighted by Crippen LogP contribution is 2.31. The highest BCUT2D eigenvalue weighted by molar-refractivity contribution is 5.93. The van der Waals surface area contributed by atoms with Gasteiger partial charge in [-0.25, -0.2) is 4.98 Å². The van der Waals surface area contributed by atoms with Gasteiger partial charge in [0.05, 0.1) is 18.8 Å². The van der Waals surface area contributed by atoms with E-state index in [1.807, 2.05) is 36.2 Å². The van der Waals surface area contributed by atoms with Crippen molar-refractivity contribution >= 4 is 23.5 Å². The third-order valence-electron chi connectivity index (χ3n) is 3.66. The van der Waals surface area contributed by atoms with Gasteiger partial charge in [-0.2, -0.15) is 0 Å². The third-order valence-corrected chi connectivity index (χ3v) is 3.66. The molecule has 23 heavy (non-hydrogen) atoms. The minimum Gasteiger partial charge on any atom is -0.493 e. The lowest BCUT2D eigenvalue weighted by Gasteiger charge is -2.26. The lowest BCUT2D eigenvalue weighted by atomic mass is 10.1. The Morgan fingerprint density at radius 3 is 2.74 bits per heavy atom. The molecular weight excluding hydrogens is 292 g/mol. The molecule has 118 valence electrons. The van der Waals surface area contributed by atoms with E-state index in [-0.39, 0.29) is 0 Å². The first-order valence-corrected chi connectivity index (χ1v) is 7.35. The maximum atomic E-state index is 11.2. The zero-order valence-electron chi connectivity index (χ0n) is 12.8. The maximum absolute atomic E-state index is 11.2. The number of aromatic nitrogens is 1. The van der Waals surface area contributed by atoms with Crippen LogP contribution in [-0.4, -0.2) is 17.5 Å². The van der Waals surface area contributed by atoms with Gasteiger partial charge in [-0.05, 0) is 37.3 Å². The van der Waals surface area contributed by atoms with Gasteiger partial charge in [0, 0.05) is 29.1 Å². The molecule has 6 heteroatoms. The first-order chi connectivity index (χ1) is 11.1. The zero-order chi connectivity index (χ0) is 16.4. The molecular formula is C17H18N4O2. The third kappa shape index (κ3) is 2.96. The summed E-state index contributed by atoms with van der Waals surface area (Å²) in [5.74, 6) is 0.753. The summed E-state index contributed by atoms with van der Waals surface area (Å²) in [5, 5.41) is 0. The molecule has 0 aliphatic carbocycles. The topological polar surface area (TPSA) is 94.5 Å². The summed E-state index contributed by atoms with van der Waals surface area (Å²) in [6.45, 7) is 3.11. The number of rotatable bonds is 4. The van der Waals surface area contributed by atoms with E-state index < -0.39 is 5.91 Å². The average molecular weight is 310 g/mol. The van der Waals surface area contributed by atoms with Crippen molar-refractivity contribution in [1.82, 2.24) is 4.98 Å². The van der Waals surface area contributed by atoms with Crippen molar-refractivity contribution in [1.29, 1.82) is 0 Å². The molecule has 0 bridgehead atoms. The average Bonchev–Trinajstić information content (AvgIpc) is 2.55. The van der Waals surface area contributed by atoms with Gasteiger partial charge in [-0.3, -0.25) is 4.79 Å². The Kier molecular flexibility index (Phi) is 3.89. The van der Waals surface area contributed by atoms with Gasteiger partial charge in [0.1, 0.15) is 11.6 Å². The minimum absolute atomic E-state index is 0.436. The first-order valence-electron chi connectivity index (χ1n) is 7.35. The van der Waals surface area contributed by atoms with Crippen molar-refractivity contribution in [3.8, 4) is 5.75 Å². The summed E-state index contributed by atoms with van der Waals surface area (Å²) < 4.78 is 5.68. The standard InChI is InChI=1S/C17H18N4O2/c1-2-23-15-9-16(18)20-14-7-8-21(10-13(14)15)12-5-3-11(4-6-12)17(19)22/h3-9H,2,10H2,1H3,(H2,18,20)(H2,19,22). The first kappa shape index (κ1) is 14.9. The molecule has 3 rings (SSSR count). The van der Waals surface area contributed by atoms with E-state index in [2.05, 4.69) is 4.98 Å². The number of fused-ring (bicyclic) bond motifs is 1. The van der Waals surface area contributed by atoms with Crippen molar-refractivity contribution in [3.63, 3.8) is 0 Å². The number of nitrogen functional groups attached to an aromatic ring is 1. The summed E-state index contributed by atoms with van der Waals surface area (Å²) >= 11 is 0. The fourth-order valence-corrected chi connectivity index (χ4v) is 2.55. The molecule has 0 unspecified atom stereocenters. The molecule has 1 aliphatic heterocycles. The van der Waals surface area contributed by atoms with E-state index in [1.54, 1.807) is 18.2 Å². The van der Waals surface area contributed by atoms with Crippen LogP contribution >= 0.6 is 0 Å². The predicted molar refractivity (Wildman–Crippen MR) is 90.0 cm³/mol. The van der Waals surface area contributed by atoms with Crippen LogP contribution in [0.1, 0.15) is 28.5 Å². The lowest BCUT2D eigenvalue weighted by Crippen LogP contribution is -2.21. The number of pyridine rings is 1. The molecule has 1 aromatic heterocycles. The van der Waals surface area contributed by atoms with Gasteiger partial charge in [-0.15, -0.1) is 0 Å². The molecule has 2 heterocycles. The van der Waals surface area contributed by atoms with Gasteiger partial charge < -0.3 is 21.1 Å². The Morgan fingerprint density at radius 1 is 1.35 bits per heavy atom. The van der Waals surface area contributed by atoms with E-state index in [4.69, 9.17) is 16.2 Å². The Labute approximate surface area is 134 Å². The van der Waals surface area contributed by atoms with Crippen molar-refractivity contribution in [2.24, 2.45) is 5.73 Å². The normalized spacial score (nSPS) is 12.8. The molecule has 6 nitrogen and oxygen atoms in total. The van der Waals surface area contributed by atoms with E-state index in [0.29, 0.717) is 24.5 Å². The molecule has 0 atom stereocenters. The van der Waals surface area contributed by atoms with Crippen LogP contribution in [0.25, 0.3) is 6.08 Å². The predicted octanol–water partition coefficient (Wildman–Crippen LogP) is 2.15. The van der Waals surface area contributed by atoms with Gasteiger partial charge in [0.2, 0.25) is 5.91 Å². The Hall–Kier alpha value is -3.02. The van der Waals surface area contributed by atoms with Crippen LogP contribution in [0.4, 0.5) is 11.5 Å². The Balaban J connectivity index is 1.92. The summed E-state index contributed by atoms with van der Waals surface area (Å²) in [6, 6.07) is 8.90. The van der Waals surface area contributed by atoms with E-state index in [9.17, 15) is 4.79 Å². The van der Waals surface area contributed by atoms with Crippen LogP contribution in [0.5, 0.6) is 5.75 Å². The molecule has 0 saturated carbocycles. The molecule has 2 aromatic rings. The number of hydrogen-bond acceptors (Lipinski definition) is 5. The highest BCUT2D eigenvalue weighted by atomic mass is 16.5. The van der Waals surface area contributed by atoms with Crippen LogP contribution in [0.2, 0.25) is 0 Å². The second-order valence-corrected chi connectivity index (χ2v) is 5.20. The van der Waals surface area contributed by atoms with Gasteiger partial charge in [0.25, 0.3) is 0 Å². The number of nitrogens with two attached hydrogens (primary N) is 2. The molecule has 1 amide bonds. The van der Waals surface area contributed by atoms with E-state index in [1.165, 1.54) is 0 Å². The molecule has 0 spiro atoms. The number of ether oxygens (including phenoxy) is 1. The number of carbonyl (C=O) groups is 1.